The monoisotopic (exact) mass is 212 g/mol. The third kappa shape index (κ3) is 2.26. The lowest BCUT2D eigenvalue weighted by atomic mass is 10.6. The summed E-state index contributed by atoms with van der Waals surface area (Å²) in [6.45, 7) is 5.84. The molecule has 0 saturated heterocycles. The van der Waals surface area contributed by atoms with Crippen molar-refractivity contribution in [2.45, 2.75) is 33.7 Å². The number of allylic oxidation sites excluding steroid dienone is 2. The van der Waals surface area contributed by atoms with Crippen LogP contribution < -0.4 is 0 Å². The lowest BCUT2D eigenvalue weighted by molar-refractivity contribution is -0.117. The summed E-state index contributed by atoms with van der Waals surface area (Å²) in [5.41, 5.74) is 0. The minimum Gasteiger partial charge on any atom is -0.305 e. The van der Waals surface area contributed by atoms with Crippen molar-refractivity contribution in [3.05, 3.63) is 12.2 Å². The van der Waals surface area contributed by atoms with Gasteiger partial charge in [0.15, 0.2) is 0 Å². The molecule has 0 aliphatic heterocycles. The predicted molar refractivity (Wildman–Crippen MR) is 57.4 cm³/mol. The minimum atomic E-state index is -3.05. The Morgan fingerprint density at radius 2 is 1.36 bits per heavy atom. The van der Waals surface area contributed by atoms with Crippen molar-refractivity contribution < 1.29 is 14.4 Å². The molecule has 0 rings (SSSR count). The summed E-state index contributed by atoms with van der Waals surface area (Å²) in [7, 11) is -3.05. The van der Waals surface area contributed by atoms with Crippen LogP contribution in [0.25, 0.3) is 0 Å². The molecule has 0 saturated carbocycles. The van der Waals surface area contributed by atoms with Crippen molar-refractivity contribution in [1.29, 1.82) is 0 Å². The van der Waals surface area contributed by atoms with Gasteiger partial charge in [0.1, 0.15) is 16.2 Å². The maximum absolute atomic E-state index is 11.4. The standard InChI is InChI=1S/C10H16O3Si/c1-5-6-7-14(8(2)11,9(3)12)10(4)13/h5-6H,7H2,1-4H3. The first-order valence-corrected chi connectivity index (χ1v) is 6.74. The minimum absolute atomic E-state index is 0.240. The van der Waals surface area contributed by atoms with Gasteiger partial charge in [0.05, 0.1) is 0 Å². The quantitative estimate of drug-likeness (QED) is 0.511. The number of carbonyl (C=O) groups excluding carboxylic acids is 3. The molecule has 0 aromatic heterocycles. The normalized spacial score (nSPS) is 11.7. The van der Waals surface area contributed by atoms with Gasteiger partial charge in [-0.3, -0.25) is 0 Å². The Morgan fingerprint density at radius 3 is 1.57 bits per heavy atom. The molecule has 3 nitrogen and oxygen atoms in total. The van der Waals surface area contributed by atoms with E-state index in [4.69, 9.17) is 0 Å². The molecule has 0 aromatic carbocycles. The topological polar surface area (TPSA) is 51.2 Å². The molecule has 14 heavy (non-hydrogen) atoms. The Kier molecular flexibility index (Phi) is 4.63. The van der Waals surface area contributed by atoms with Crippen LogP contribution in [0.1, 0.15) is 27.7 Å². The number of rotatable bonds is 5. The van der Waals surface area contributed by atoms with Crippen LogP contribution in [0.15, 0.2) is 12.2 Å². The highest BCUT2D eigenvalue weighted by molar-refractivity contribution is 7.40. The average Bonchev–Trinajstić information content (AvgIpc) is 2.03. The van der Waals surface area contributed by atoms with Crippen molar-refractivity contribution in [1.82, 2.24) is 0 Å². The SMILES string of the molecule is CC=CC[Si](C(C)=O)(C(C)=O)C(C)=O. The fourth-order valence-electron chi connectivity index (χ4n) is 1.47. The molecule has 0 atom stereocenters. The molecule has 4 heteroatoms. The first-order valence-electron chi connectivity index (χ1n) is 4.53. The Balaban J connectivity index is 5.27. The van der Waals surface area contributed by atoms with Crippen LogP contribution in [0.5, 0.6) is 0 Å². The second kappa shape index (κ2) is 5.00. The van der Waals surface area contributed by atoms with Crippen molar-refractivity contribution in [3.8, 4) is 0 Å². The van der Waals surface area contributed by atoms with E-state index in [2.05, 4.69) is 0 Å². The van der Waals surface area contributed by atoms with E-state index in [1.165, 1.54) is 20.8 Å². The first kappa shape index (κ1) is 13.0. The lowest BCUT2D eigenvalue weighted by Crippen LogP contribution is -2.56. The van der Waals surface area contributed by atoms with Gasteiger partial charge in [0.25, 0.3) is 8.07 Å². The number of hydrogen-bond donors (Lipinski definition) is 0. The van der Waals surface area contributed by atoms with E-state index in [0.717, 1.165) is 0 Å². The zero-order chi connectivity index (χ0) is 11.4. The Labute approximate surface area is 85.2 Å². The summed E-state index contributed by atoms with van der Waals surface area (Å²) < 4.78 is 0. The third-order valence-electron chi connectivity index (χ3n) is 2.46. The van der Waals surface area contributed by atoms with Gasteiger partial charge in [0.2, 0.25) is 0 Å². The van der Waals surface area contributed by atoms with Crippen LogP contribution in [-0.2, 0) is 14.4 Å². The molecule has 0 amide bonds. The Bertz CT molecular complexity index is 256. The summed E-state index contributed by atoms with van der Waals surface area (Å²) >= 11 is 0. The van der Waals surface area contributed by atoms with E-state index < -0.39 is 8.07 Å². The molecule has 0 fully saturated rings. The fourth-order valence-corrected chi connectivity index (χ4v) is 4.41. The smallest absolute Gasteiger partial charge is 0.281 e. The summed E-state index contributed by atoms with van der Waals surface area (Å²) in [6.07, 6.45) is 3.49. The van der Waals surface area contributed by atoms with Crippen LogP contribution >= 0.6 is 0 Å². The van der Waals surface area contributed by atoms with Crippen LogP contribution in [0.2, 0.25) is 6.04 Å². The van der Waals surface area contributed by atoms with Gasteiger partial charge < -0.3 is 14.4 Å². The fraction of sp³-hybridized carbons (Fsp3) is 0.500. The zero-order valence-electron chi connectivity index (χ0n) is 9.09. The molecule has 0 heterocycles. The van der Waals surface area contributed by atoms with Crippen LogP contribution in [0, 0.1) is 0 Å². The molecule has 0 bridgehead atoms. The second-order valence-electron chi connectivity index (χ2n) is 3.35. The number of carbonyl (C=O) groups is 3. The summed E-state index contributed by atoms with van der Waals surface area (Å²) in [5.74, 6) is 0. The molecule has 0 aliphatic carbocycles. The Hall–Kier alpha value is -1.03. The molecular formula is C10H16O3Si. The highest BCUT2D eigenvalue weighted by Crippen LogP contribution is 2.15. The molecule has 0 spiro atoms. The molecule has 0 aliphatic rings. The van der Waals surface area contributed by atoms with Gasteiger partial charge >= 0.3 is 0 Å². The van der Waals surface area contributed by atoms with Crippen molar-refractivity contribution >= 4 is 24.3 Å². The van der Waals surface area contributed by atoms with E-state index in [1.807, 2.05) is 0 Å². The van der Waals surface area contributed by atoms with Gasteiger partial charge in [-0.1, -0.05) is 12.2 Å². The molecular weight excluding hydrogens is 196 g/mol. The third-order valence-corrected chi connectivity index (χ3v) is 6.92. The van der Waals surface area contributed by atoms with Gasteiger partial charge in [-0.05, 0) is 33.7 Å². The van der Waals surface area contributed by atoms with Crippen LogP contribution in [-0.4, -0.2) is 24.3 Å². The molecule has 0 radical (unpaired) electrons. The second-order valence-corrected chi connectivity index (χ2v) is 7.68. The van der Waals surface area contributed by atoms with E-state index in [0.29, 0.717) is 6.04 Å². The van der Waals surface area contributed by atoms with Gasteiger partial charge in [-0.2, -0.15) is 0 Å². The molecule has 0 N–H and O–H groups in total. The highest BCUT2D eigenvalue weighted by Gasteiger charge is 2.48. The largest absolute Gasteiger partial charge is 0.305 e. The predicted octanol–water partition coefficient (Wildman–Crippen LogP) is 1.40. The number of hydrogen-bond acceptors (Lipinski definition) is 3. The maximum Gasteiger partial charge on any atom is 0.281 e. The van der Waals surface area contributed by atoms with Crippen molar-refractivity contribution in [3.63, 3.8) is 0 Å². The van der Waals surface area contributed by atoms with E-state index in [-0.39, 0.29) is 16.2 Å². The van der Waals surface area contributed by atoms with Gasteiger partial charge in [-0.25, -0.2) is 0 Å². The molecule has 0 unspecified atom stereocenters. The Morgan fingerprint density at radius 1 is 1.00 bits per heavy atom. The zero-order valence-corrected chi connectivity index (χ0v) is 10.1. The molecule has 0 aromatic rings. The van der Waals surface area contributed by atoms with Crippen molar-refractivity contribution in [2.24, 2.45) is 0 Å². The van der Waals surface area contributed by atoms with E-state index >= 15 is 0 Å². The summed E-state index contributed by atoms with van der Waals surface area (Å²) in [4.78, 5) is 34.3. The van der Waals surface area contributed by atoms with Crippen LogP contribution in [0.4, 0.5) is 0 Å². The summed E-state index contributed by atoms with van der Waals surface area (Å²) in [6, 6.07) is 0.309. The van der Waals surface area contributed by atoms with Gasteiger partial charge in [-0.15, -0.1) is 0 Å². The molecule has 78 valence electrons. The van der Waals surface area contributed by atoms with Crippen molar-refractivity contribution in [2.75, 3.05) is 0 Å². The average molecular weight is 212 g/mol. The summed E-state index contributed by atoms with van der Waals surface area (Å²) in [5, 5.41) is -0.721. The first-order chi connectivity index (χ1) is 6.39. The van der Waals surface area contributed by atoms with Crippen LogP contribution in [0.3, 0.4) is 0 Å². The van der Waals surface area contributed by atoms with E-state index in [9.17, 15) is 14.4 Å². The highest BCUT2D eigenvalue weighted by atomic mass is 28.3. The lowest BCUT2D eigenvalue weighted by Gasteiger charge is -2.20. The van der Waals surface area contributed by atoms with Gasteiger partial charge in [0, 0.05) is 0 Å². The van der Waals surface area contributed by atoms with E-state index in [1.54, 1.807) is 19.1 Å². The maximum atomic E-state index is 11.4.